The molecule has 0 N–H and O–H groups in total. The van der Waals surface area contributed by atoms with E-state index in [2.05, 4.69) is 33.9 Å². The largest absolute Gasteiger partial charge is 0.449 e. The summed E-state index contributed by atoms with van der Waals surface area (Å²) in [6, 6.07) is 0. The van der Waals surface area contributed by atoms with E-state index in [1.807, 2.05) is 6.08 Å². The van der Waals surface area contributed by atoms with Gasteiger partial charge in [0.1, 0.15) is 0 Å². The Labute approximate surface area is 111 Å². The topological polar surface area (TPSA) is 35.5 Å². The third kappa shape index (κ3) is 2.28. The van der Waals surface area contributed by atoms with Gasteiger partial charge >= 0.3 is 5.97 Å². The van der Waals surface area contributed by atoms with E-state index in [1.54, 1.807) is 6.08 Å². The van der Waals surface area contributed by atoms with Crippen LogP contribution in [-0.4, -0.2) is 26.0 Å². The molecule has 1 saturated carbocycles. The zero-order chi connectivity index (χ0) is 13.6. The van der Waals surface area contributed by atoms with E-state index < -0.39 is 13.9 Å². The van der Waals surface area contributed by atoms with Crippen molar-refractivity contribution in [2.75, 3.05) is 0 Å². The second-order valence-corrected chi connectivity index (χ2v) is 11.7. The van der Waals surface area contributed by atoms with Crippen molar-refractivity contribution in [3.8, 4) is 0 Å². The van der Waals surface area contributed by atoms with Gasteiger partial charge in [-0.2, -0.15) is 0 Å². The fourth-order valence-corrected chi connectivity index (χ4v) is 3.81. The molecule has 0 amide bonds. The van der Waals surface area contributed by atoms with Crippen LogP contribution in [0.2, 0.25) is 18.1 Å². The highest BCUT2D eigenvalue weighted by atomic mass is 28.4. The molecule has 3 nitrogen and oxygen atoms in total. The summed E-state index contributed by atoms with van der Waals surface area (Å²) < 4.78 is 12.0. The summed E-state index contributed by atoms with van der Waals surface area (Å²) in [5.41, 5.74) is -0.466. The van der Waals surface area contributed by atoms with Crippen molar-refractivity contribution < 1.29 is 14.0 Å². The smallest absolute Gasteiger partial charge is 0.331 e. The highest BCUT2D eigenvalue weighted by Crippen LogP contribution is 2.45. The summed E-state index contributed by atoms with van der Waals surface area (Å²) in [5, 5.41) is 0.184. The van der Waals surface area contributed by atoms with Crippen LogP contribution in [0.25, 0.3) is 0 Å². The molecule has 0 radical (unpaired) electrons. The van der Waals surface area contributed by atoms with E-state index in [1.165, 1.54) is 0 Å². The van der Waals surface area contributed by atoms with Crippen molar-refractivity contribution in [1.29, 1.82) is 0 Å². The highest BCUT2D eigenvalue weighted by molar-refractivity contribution is 6.74. The van der Waals surface area contributed by atoms with Crippen LogP contribution in [0.3, 0.4) is 0 Å². The molecule has 1 aliphatic carbocycles. The van der Waals surface area contributed by atoms with Crippen molar-refractivity contribution in [3.63, 3.8) is 0 Å². The van der Waals surface area contributed by atoms with Crippen LogP contribution in [0.4, 0.5) is 0 Å². The number of hydrogen-bond acceptors (Lipinski definition) is 3. The van der Waals surface area contributed by atoms with Gasteiger partial charge in [-0.3, -0.25) is 0 Å². The van der Waals surface area contributed by atoms with Crippen LogP contribution >= 0.6 is 0 Å². The summed E-state index contributed by atoms with van der Waals surface area (Å²) in [6.07, 6.45) is 6.46. The maximum Gasteiger partial charge on any atom is 0.331 e. The molecule has 0 saturated heterocycles. The van der Waals surface area contributed by atoms with Crippen LogP contribution in [0.1, 0.15) is 40.0 Å². The first-order chi connectivity index (χ1) is 8.16. The normalized spacial score (nSPS) is 32.3. The number of carbonyl (C=O) groups excluding carboxylic acids is 1. The lowest BCUT2D eigenvalue weighted by Gasteiger charge is -2.41. The van der Waals surface area contributed by atoms with E-state index in [4.69, 9.17) is 9.16 Å². The number of rotatable bonds is 2. The van der Waals surface area contributed by atoms with Crippen molar-refractivity contribution in [2.24, 2.45) is 0 Å². The standard InChI is InChI=1S/C14H24O3Si/c1-13(2,3)18(4,5)17-11-7-6-9-14(11)10-8-12(15)16-14/h8,10-11H,6-7,9H2,1-5H3/t11-,14?/m0/s1. The molecule has 0 aromatic carbocycles. The van der Waals surface area contributed by atoms with Crippen LogP contribution < -0.4 is 0 Å². The molecule has 0 aromatic heterocycles. The maximum atomic E-state index is 11.4. The third-order valence-corrected chi connectivity index (χ3v) is 9.10. The molecule has 1 unspecified atom stereocenters. The van der Waals surface area contributed by atoms with Gasteiger partial charge in [-0.15, -0.1) is 0 Å². The molecule has 2 aliphatic rings. The summed E-state index contributed by atoms with van der Waals surface area (Å²) in [4.78, 5) is 11.4. The zero-order valence-corrected chi connectivity index (χ0v) is 13.1. The number of esters is 1. The lowest BCUT2D eigenvalue weighted by molar-refractivity contribution is -0.151. The van der Waals surface area contributed by atoms with Crippen LogP contribution in [-0.2, 0) is 14.0 Å². The summed E-state index contributed by atoms with van der Waals surface area (Å²) in [6.45, 7) is 11.2. The van der Waals surface area contributed by atoms with Crippen LogP contribution in [0, 0.1) is 0 Å². The minimum absolute atomic E-state index is 0.0427. The molecule has 4 heteroatoms. The second-order valence-electron chi connectivity index (χ2n) is 6.97. The molecule has 102 valence electrons. The Morgan fingerprint density at radius 3 is 2.61 bits per heavy atom. The SMILES string of the molecule is CC(C)(C)[Si](C)(C)O[C@H]1CCCC12C=CC(=O)O2. The van der Waals surface area contributed by atoms with Crippen molar-refractivity contribution >= 4 is 14.3 Å². The summed E-state index contributed by atoms with van der Waals surface area (Å²) in [5.74, 6) is -0.222. The summed E-state index contributed by atoms with van der Waals surface area (Å²) in [7, 11) is -1.81. The van der Waals surface area contributed by atoms with Gasteiger partial charge in [0.25, 0.3) is 0 Å². The number of hydrogen-bond donors (Lipinski definition) is 0. The first-order valence-corrected chi connectivity index (χ1v) is 9.67. The van der Waals surface area contributed by atoms with Crippen molar-refractivity contribution in [1.82, 2.24) is 0 Å². The first kappa shape index (κ1) is 13.8. The highest BCUT2D eigenvalue weighted by Gasteiger charge is 2.51. The van der Waals surface area contributed by atoms with Gasteiger partial charge in [-0.25, -0.2) is 4.79 Å². The van der Waals surface area contributed by atoms with Gasteiger partial charge in [-0.1, -0.05) is 20.8 Å². The average molecular weight is 268 g/mol. The van der Waals surface area contributed by atoms with Crippen molar-refractivity contribution in [2.45, 2.75) is 69.9 Å². The van der Waals surface area contributed by atoms with Gasteiger partial charge in [0.2, 0.25) is 0 Å². The molecule has 2 rings (SSSR count). The Kier molecular flexibility index (Phi) is 3.22. The molecule has 1 heterocycles. The van der Waals surface area contributed by atoms with Gasteiger partial charge in [-0.05, 0) is 43.5 Å². The van der Waals surface area contributed by atoms with Crippen LogP contribution in [0.5, 0.6) is 0 Å². The Bertz CT molecular complexity index is 381. The lowest BCUT2D eigenvalue weighted by Crippen LogP contribution is -2.49. The molecule has 1 spiro atoms. The predicted molar refractivity (Wildman–Crippen MR) is 73.9 cm³/mol. The van der Waals surface area contributed by atoms with Gasteiger partial charge in [0, 0.05) is 6.08 Å². The minimum Gasteiger partial charge on any atom is -0.449 e. The van der Waals surface area contributed by atoms with Crippen molar-refractivity contribution in [3.05, 3.63) is 12.2 Å². The van der Waals surface area contributed by atoms with E-state index in [-0.39, 0.29) is 17.1 Å². The monoisotopic (exact) mass is 268 g/mol. The molecule has 0 bridgehead atoms. The van der Waals surface area contributed by atoms with Crippen LogP contribution in [0.15, 0.2) is 12.2 Å². The van der Waals surface area contributed by atoms with Gasteiger partial charge < -0.3 is 9.16 Å². The Morgan fingerprint density at radius 2 is 2.11 bits per heavy atom. The number of carbonyl (C=O) groups is 1. The van der Waals surface area contributed by atoms with E-state index >= 15 is 0 Å². The minimum atomic E-state index is -1.81. The molecule has 2 atom stereocenters. The molecular formula is C14H24O3Si. The van der Waals surface area contributed by atoms with E-state index in [0.717, 1.165) is 19.3 Å². The molecule has 1 aliphatic heterocycles. The fourth-order valence-electron chi connectivity index (χ4n) is 2.43. The molecule has 0 aromatic rings. The van der Waals surface area contributed by atoms with E-state index in [0.29, 0.717) is 0 Å². The molecule has 1 fully saturated rings. The predicted octanol–water partition coefficient (Wildman–Crippen LogP) is 3.41. The quantitative estimate of drug-likeness (QED) is 0.568. The average Bonchev–Trinajstić information content (AvgIpc) is 2.74. The Balaban J connectivity index is 2.15. The fraction of sp³-hybridized carbons (Fsp3) is 0.786. The van der Waals surface area contributed by atoms with E-state index in [9.17, 15) is 4.79 Å². The Hall–Kier alpha value is -0.613. The molecule has 18 heavy (non-hydrogen) atoms. The third-order valence-electron chi connectivity index (χ3n) is 4.61. The Morgan fingerprint density at radius 1 is 1.44 bits per heavy atom. The maximum absolute atomic E-state index is 11.4. The lowest BCUT2D eigenvalue weighted by atomic mass is 10.0. The zero-order valence-electron chi connectivity index (χ0n) is 12.1. The van der Waals surface area contributed by atoms with Gasteiger partial charge in [0.15, 0.2) is 13.9 Å². The first-order valence-electron chi connectivity index (χ1n) is 6.76. The number of ether oxygens (including phenoxy) is 1. The second kappa shape index (κ2) is 4.20. The van der Waals surface area contributed by atoms with Gasteiger partial charge in [0.05, 0.1) is 6.10 Å². The molecular weight excluding hydrogens is 244 g/mol. The summed E-state index contributed by atoms with van der Waals surface area (Å²) >= 11 is 0.